The molecule has 24 heavy (non-hydrogen) atoms. The molecule has 2 rings (SSSR count). The van der Waals surface area contributed by atoms with Gasteiger partial charge in [-0.1, -0.05) is 13.0 Å². The zero-order valence-corrected chi connectivity index (χ0v) is 15.4. The quantitative estimate of drug-likeness (QED) is 0.802. The fourth-order valence-corrected chi connectivity index (χ4v) is 3.30. The molecule has 1 aromatic rings. The Balaban J connectivity index is 1.85. The Morgan fingerprint density at radius 3 is 2.62 bits per heavy atom. The third-order valence-corrected chi connectivity index (χ3v) is 4.95. The van der Waals surface area contributed by atoms with E-state index in [-0.39, 0.29) is 18.0 Å². The lowest BCUT2D eigenvalue weighted by molar-refractivity contribution is 0.0892. The van der Waals surface area contributed by atoms with Gasteiger partial charge in [0.25, 0.3) is 0 Å². The van der Waals surface area contributed by atoms with Crippen molar-refractivity contribution in [1.29, 1.82) is 0 Å². The van der Waals surface area contributed by atoms with E-state index in [1.165, 1.54) is 18.9 Å². The van der Waals surface area contributed by atoms with E-state index in [1.807, 2.05) is 25.1 Å². The molecule has 1 aliphatic heterocycles. The maximum Gasteiger partial charge on any atom is 0.125 e. The summed E-state index contributed by atoms with van der Waals surface area (Å²) < 4.78 is 13.5. The summed E-state index contributed by atoms with van der Waals surface area (Å²) in [4.78, 5) is 4.27. The molecule has 1 saturated heterocycles. The Kier molecular flexibility index (Phi) is 7.02. The van der Waals surface area contributed by atoms with E-state index in [0.29, 0.717) is 6.54 Å². The van der Waals surface area contributed by atoms with Crippen molar-refractivity contribution in [3.63, 3.8) is 0 Å². The Bertz CT molecular complexity index is 515. The lowest BCUT2D eigenvalue weighted by Crippen LogP contribution is -2.42. The van der Waals surface area contributed by atoms with Crippen LogP contribution in [0.1, 0.15) is 38.3 Å². The molecule has 0 spiro atoms. The van der Waals surface area contributed by atoms with Crippen LogP contribution in [0, 0.1) is 11.7 Å². The molecule has 2 atom stereocenters. The van der Waals surface area contributed by atoms with Gasteiger partial charge in [-0.15, -0.1) is 0 Å². The number of rotatable bonds is 7. The highest BCUT2D eigenvalue weighted by Gasteiger charge is 2.19. The maximum absolute atomic E-state index is 13.5. The lowest BCUT2D eigenvalue weighted by Gasteiger charge is -2.32. The Morgan fingerprint density at radius 1 is 1.33 bits per heavy atom. The summed E-state index contributed by atoms with van der Waals surface area (Å²) in [7, 11) is 3.83. The van der Waals surface area contributed by atoms with Crippen LogP contribution in [0.3, 0.4) is 0 Å². The Labute approximate surface area is 145 Å². The van der Waals surface area contributed by atoms with Crippen LogP contribution in [0.25, 0.3) is 0 Å². The molecule has 4 nitrogen and oxygen atoms in total. The first-order chi connectivity index (χ1) is 11.4. The third kappa shape index (κ3) is 5.43. The monoisotopic (exact) mass is 337 g/mol. The second-order valence-corrected chi connectivity index (χ2v) is 7.36. The van der Waals surface area contributed by atoms with Crippen molar-refractivity contribution in [2.75, 3.05) is 45.2 Å². The first-order valence-corrected chi connectivity index (χ1v) is 8.97. The molecule has 0 aliphatic carbocycles. The van der Waals surface area contributed by atoms with Crippen LogP contribution in [0.2, 0.25) is 0 Å². The standard InChI is InChI=1S/C19H32FN3O/c1-14-7-9-23(10-8-14)13-17(24)12-21-15(2)18-6-5-16(20)11-19(18)22(3)4/h5-6,11,14-15,17,21,24H,7-10,12-13H2,1-4H3. The first-order valence-electron chi connectivity index (χ1n) is 8.97. The molecule has 0 radical (unpaired) electrons. The van der Waals surface area contributed by atoms with Gasteiger partial charge in [0.1, 0.15) is 5.82 Å². The van der Waals surface area contributed by atoms with E-state index in [1.54, 1.807) is 6.07 Å². The topological polar surface area (TPSA) is 38.7 Å². The van der Waals surface area contributed by atoms with Crippen molar-refractivity contribution >= 4 is 5.69 Å². The van der Waals surface area contributed by atoms with Gasteiger partial charge in [0.15, 0.2) is 0 Å². The van der Waals surface area contributed by atoms with Crippen molar-refractivity contribution in [2.45, 2.75) is 38.8 Å². The largest absolute Gasteiger partial charge is 0.390 e. The fourth-order valence-electron chi connectivity index (χ4n) is 3.30. The van der Waals surface area contributed by atoms with Crippen molar-refractivity contribution < 1.29 is 9.50 Å². The van der Waals surface area contributed by atoms with Crippen molar-refractivity contribution in [2.24, 2.45) is 5.92 Å². The van der Waals surface area contributed by atoms with Gasteiger partial charge >= 0.3 is 0 Å². The van der Waals surface area contributed by atoms with Gasteiger partial charge in [0.2, 0.25) is 0 Å². The van der Waals surface area contributed by atoms with Crippen LogP contribution in [0.4, 0.5) is 10.1 Å². The smallest absolute Gasteiger partial charge is 0.125 e. The summed E-state index contributed by atoms with van der Waals surface area (Å²) in [5.74, 6) is 0.577. The number of piperidine rings is 1. The minimum Gasteiger partial charge on any atom is -0.390 e. The summed E-state index contributed by atoms with van der Waals surface area (Å²) in [6, 6.07) is 4.92. The number of aliphatic hydroxyl groups excluding tert-OH is 1. The number of halogens is 1. The molecular weight excluding hydrogens is 305 g/mol. The molecule has 2 N–H and O–H groups in total. The number of aliphatic hydroxyl groups is 1. The van der Waals surface area contributed by atoms with Gasteiger partial charge in [-0.25, -0.2) is 4.39 Å². The molecule has 1 aromatic carbocycles. The van der Waals surface area contributed by atoms with Crippen LogP contribution in [0.5, 0.6) is 0 Å². The number of benzene rings is 1. The molecular formula is C19H32FN3O. The van der Waals surface area contributed by atoms with Crippen molar-refractivity contribution in [3.05, 3.63) is 29.6 Å². The number of hydrogen-bond acceptors (Lipinski definition) is 4. The van der Waals surface area contributed by atoms with Crippen LogP contribution in [0.15, 0.2) is 18.2 Å². The average Bonchev–Trinajstić information content (AvgIpc) is 2.54. The summed E-state index contributed by atoms with van der Waals surface area (Å²) in [6.45, 7) is 7.76. The summed E-state index contributed by atoms with van der Waals surface area (Å²) in [5, 5.41) is 13.7. The summed E-state index contributed by atoms with van der Waals surface area (Å²) >= 11 is 0. The minimum absolute atomic E-state index is 0.0547. The van der Waals surface area contributed by atoms with Gasteiger partial charge in [-0.3, -0.25) is 0 Å². The fraction of sp³-hybridized carbons (Fsp3) is 0.684. The van der Waals surface area contributed by atoms with Gasteiger partial charge in [-0.05, 0) is 56.5 Å². The number of anilines is 1. The SMILES string of the molecule is CC1CCN(CC(O)CNC(C)c2ccc(F)cc2N(C)C)CC1. The number of nitrogens with zero attached hydrogens (tertiary/aromatic N) is 2. The van der Waals surface area contributed by atoms with E-state index in [9.17, 15) is 9.50 Å². The number of likely N-dealkylation sites (tertiary alicyclic amines) is 1. The normalized spacial score (nSPS) is 19.2. The van der Waals surface area contributed by atoms with Crippen LogP contribution in [-0.2, 0) is 0 Å². The van der Waals surface area contributed by atoms with Crippen LogP contribution in [-0.4, -0.2) is 56.4 Å². The first kappa shape index (κ1) is 19.2. The molecule has 1 fully saturated rings. The van der Waals surface area contributed by atoms with Crippen LogP contribution < -0.4 is 10.2 Å². The van der Waals surface area contributed by atoms with Gasteiger partial charge < -0.3 is 20.2 Å². The molecule has 0 amide bonds. The zero-order chi connectivity index (χ0) is 17.7. The molecule has 2 unspecified atom stereocenters. The highest BCUT2D eigenvalue weighted by atomic mass is 19.1. The van der Waals surface area contributed by atoms with Gasteiger partial charge in [0.05, 0.1) is 6.10 Å². The lowest BCUT2D eigenvalue weighted by atomic mass is 9.99. The number of β-amino-alcohol motifs (C(OH)–C–C–N with tert-alkyl or cyclic N) is 1. The maximum atomic E-state index is 13.5. The minimum atomic E-state index is -0.385. The predicted octanol–water partition coefficient (Wildman–Crippen LogP) is 2.64. The summed E-state index contributed by atoms with van der Waals surface area (Å²) in [5.41, 5.74) is 1.91. The van der Waals surface area contributed by atoms with Crippen LogP contribution >= 0.6 is 0 Å². The average molecular weight is 337 g/mol. The predicted molar refractivity (Wildman–Crippen MR) is 98.0 cm³/mol. The summed E-state index contributed by atoms with van der Waals surface area (Å²) in [6.07, 6.45) is 2.06. The molecule has 5 heteroatoms. The van der Waals surface area contributed by atoms with E-state index >= 15 is 0 Å². The van der Waals surface area contributed by atoms with Gasteiger partial charge in [0, 0.05) is 38.9 Å². The molecule has 0 aromatic heterocycles. The molecule has 0 saturated carbocycles. The number of hydrogen-bond donors (Lipinski definition) is 2. The van der Waals surface area contributed by atoms with E-state index in [0.717, 1.165) is 36.8 Å². The van der Waals surface area contributed by atoms with Crippen molar-refractivity contribution in [1.82, 2.24) is 10.2 Å². The second kappa shape index (κ2) is 8.79. The second-order valence-electron chi connectivity index (χ2n) is 7.36. The van der Waals surface area contributed by atoms with E-state index in [2.05, 4.69) is 24.1 Å². The molecule has 1 heterocycles. The van der Waals surface area contributed by atoms with Gasteiger partial charge in [-0.2, -0.15) is 0 Å². The van der Waals surface area contributed by atoms with E-state index in [4.69, 9.17) is 0 Å². The Hall–Kier alpha value is -1.17. The van der Waals surface area contributed by atoms with E-state index < -0.39 is 0 Å². The molecule has 136 valence electrons. The third-order valence-electron chi connectivity index (χ3n) is 4.95. The Morgan fingerprint density at radius 2 is 2.00 bits per heavy atom. The van der Waals surface area contributed by atoms with Crippen molar-refractivity contribution in [3.8, 4) is 0 Å². The molecule has 0 bridgehead atoms. The highest BCUT2D eigenvalue weighted by molar-refractivity contribution is 5.54. The number of nitrogens with one attached hydrogen (secondary N) is 1. The highest BCUT2D eigenvalue weighted by Crippen LogP contribution is 2.26. The molecule has 1 aliphatic rings. The zero-order valence-electron chi connectivity index (χ0n) is 15.4.